The van der Waals surface area contributed by atoms with E-state index in [1.54, 1.807) is 14.2 Å². The summed E-state index contributed by atoms with van der Waals surface area (Å²) in [5, 5.41) is 0. The Bertz CT molecular complexity index is 747. The summed E-state index contributed by atoms with van der Waals surface area (Å²) < 4.78 is 23.3. The molecule has 0 radical (unpaired) electrons. The first-order chi connectivity index (χ1) is 14.0. The molecular formula is C23H33NO5. The van der Waals surface area contributed by atoms with Crippen LogP contribution in [0.1, 0.15) is 63.9 Å². The van der Waals surface area contributed by atoms with Gasteiger partial charge in [-0.1, -0.05) is 0 Å². The van der Waals surface area contributed by atoms with Crippen LogP contribution in [0.2, 0.25) is 0 Å². The molecule has 1 amide bonds. The quantitative estimate of drug-likeness (QED) is 0.638. The van der Waals surface area contributed by atoms with Gasteiger partial charge in [0, 0.05) is 37.1 Å². The number of hydrogen-bond acceptors (Lipinski definition) is 5. The van der Waals surface area contributed by atoms with E-state index >= 15 is 0 Å². The Labute approximate surface area is 173 Å². The van der Waals surface area contributed by atoms with Crippen molar-refractivity contribution in [3.05, 3.63) is 17.7 Å². The number of anilines is 1. The molecule has 0 saturated carbocycles. The van der Waals surface area contributed by atoms with Crippen molar-refractivity contribution in [3.63, 3.8) is 0 Å². The third-order valence-electron chi connectivity index (χ3n) is 6.51. The van der Waals surface area contributed by atoms with Crippen LogP contribution in [0.15, 0.2) is 12.1 Å². The van der Waals surface area contributed by atoms with Gasteiger partial charge in [-0.3, -0.25) is 4.79 Å². The lowest BCUT2D eigenvalue weighted by Crippen LogP contribution is -2.40. The lowest BCUT2D eigenvalue weighted by molar-refractivity contribution is -0.269. The van der Waals surface area contributed by atoms with Gasteiger partial charge in [-0.05, 0) is 45.4 Å². The van der Waals surface area contributed by atoms with Crippen molar-refractivity contribution in [1.82, 2.24) is 0 Å². The standard InChI is InChI=1S/C23H33NO5/c1-16-9-11-23(28-16)10-6-8-17(29-23)7-4-5-12-24-20-13-18(26-2)14-21(27-3)19(20)15-22(24)25/h13-14,16-17H,4-12,15H2,1-3H3/t16-,17-,23+/m0/s1. The predicted molar refractivity (Wildman–Crippen MR) is 111 cm³/mol. The molecule has 0 aromatic heterocycles. The van der Waals surface area contributed by atoms with E-state index in [0.717, 1.165) is 61.9 Å². The number of nitrogens with zero attached hydrogens (tertiary/aromatic N) is 1. The number of methoxy groups -OCH3 is 2. The Hall–Kier alpha value is -1.79. The van der Waals surface area contributed by atoms with E-state index in [9.17, 15) is 4.79 Å². The highest BCUT2D eigenvalue weighted by atomic mass is 16.7. The van der Waals surface area contributed by atoms with Crippen molar-refractivity contribution in [2.45, 2.75) is 82.7 Å². The molecule has 2 saturated heterocycles. The number of hydrogen-bond donors (Lipinski definition) is 0. The van der Waals surface area contributed by atoms with Crippen LogP contribution in [-0.4, -0.2) is 44.7 Å². The van der Waals surface area contributed by atoms with Gasteiger partial charge in [0.25, 0.3) is 0 Å². The van der Waals surface area contributed by atoms with Gasteiger partial charge in [0.15, 0.2) is 5.79 Å². The second-order valence-corrected chi connectivity index (χ2v) is 8.56. The van der Waals surface area contributed by atoms with Crippen molar-refractivity contribution < 1.29 is 23.7 Å². The summed E-state index contributed by atoms with van der Waals surface area (Å²) in [4.78, 5) is 14.5. The summed E-state index contributed by atoms with van der Waals surface area (Å²) in [7, 11) is 3.27. The summed E-state index contributed by atoms with van der Waals surface area (Å²) in [6.45, 7) is 2.85. The van der Waals surface area contributed by atoms with Gasteiger partial charge in [0.05, 0.1) is 38.5 Å². The van der Waals surface area contributed by atoms with Crippen LogP contribution in [0, 0.1) is 0 Å². The van der Waals surface area contributed by atoms with Crippen molar-refractivity contribution in [2.75, 3.05) is 25.7 Å². The third-order valence-corrected chi connectivity index (χ3v) is 6.51. The molecule has 6 heteroatoms. The summed E-state index contributed by atoms with van der Waals surface area (Å²) in [5.74, 6) is 1.25. The number of carbonyl (C=O) groups excluding carboxylic acids is 1. The lowest BCUT2D eigenvalue weighted by Gasteiger charge is -2.38. The van der Waals surface area contributed by atoms with E-state index in [1.807, 2.05) is 17.0 Å². The molecule has 3 aliphatic heterocycles. The Morgan fingerprint density at radius 2 is 2.00 bits per heavy atom. The Morgan fingerprint density at radius 3 is 2.72 bits per heavy atom. The molecule has 3 aliphatic rings. The van der Waals surface area contributed by atoms with Crippen LogP contribution >= 0.6 is 0 Å². The number of amides is 1. The first kappa shape index (κ1) is 20.5. The highest BCUT2D eigenvalue weighted by Gasteiger charge is 2.43. The monoisotopic (exact) mass is 403 g/mol. The highest BCUT2D eigenvalue weighted by molar-refractivity contribution is 6.02. The fraction of sp³-hybridized carbons (Fsp3) is 0.696. The molecule has 1 spiro atoms. The molecular weight excluding hydrogens is 370 g/mol. The van der Waals surface area contributed by atoms with Crippen molar-refractivity contribution in [3.8, 4) is 11.5 Å². The van der Waals surface area contributed by atoms with E-state index in [0.29, 0.717) is 24.8 Å². The van der Waals surface area contributed by atoms with Gasteiger partial charge >= 0.3 is 0 Å². The molecule has 160 valence electrons. The van der Waals surface area contributed by atoms with E-state index in [4.69, 9.17) is 18.9 Å². The molecule has 0 N–H and O–H groups in total. The van der Waals surface area contributed by atoms with Crippen LogP contribution in [0.4, 0.5) is 5.69 Å². The molecule has 1 aromatic carbocycles. The topological polar surface area (TPSA) is 57.2 Å². The number of benzene rings is 1. The maximum Gasteiger partial charge on any atom is 0.231 e. The van der Waals surface area contributed by atoms with E-state index in [1.165, 1.54) is 6.42 Å². The maximum absolute atomic E-state index is 12.6. The number of unbranched alkanes of at least 4 members (excludes halogenated alkanes) is 1. The summed E-state index contributed by atoms with van der Waals surface area (Å²) in [5.41, 5.74) is 1.88. The van der Waals surface area contributed by atoms with Crippen LogP contribution in [-0.2, 0) is 20.7 Å². The fourth-order valence-corrected chi connectivity index (χ4v) is 4.99. The van der Waals surface area contributed by atoms with E-state index in [-0.39, 0.29) is 17.8 Å². The molecule has 3 heterocycles. The largest absolute Gasteiger partial charge is 0.497 e. The molecule has 0 bridgehead atoms. The molecule has 2 fully saturated rings. The molecule has 29 heavy (non-hydrogen) atoms. The highest BCUT2D eigenvalue weighted by Crippen LogP contribution is 2.42. The van der Waals surface area contributed by atoms with E-state index in [2.05, 4.69) is 6.92 Å². The van der Waals surface area contributed by atoms with Crippen LogP contribution in [0.25, 0.3) is 0 Å². The smallest absolute Gasteiger partial charge is 0.231 e. The van der Waals surface area contributed by atoms with E-state index < -0.39 is 0 Å². The number of fused-ring (bicyclic) bond motifs is 1. The van der Waals surface area contributed by atoms with Gasteiger partial charge in [-0.2, -0.15) is 0 Å². The lowest BCUT2D eigenvalue weighted by atomic mass is 9.96. The number of carbonyl (C=O) groups is 1. The molecule has 1 aromatic rings. The minimum atomic E-state index is -0.320. The average Bonchev–Trinajstić information content (AvgIpc) is 3.23. The number of rotatable bonds is 7. The molecule has 0 unspecified atom stereocenters. The Kier molecular flexibility index (Phi) is 6.02. The van der Waals surface area contributed by atoms with Crippen LogP contribution < -0.4 is 14.4 Å². The molecule has 6 nitrogen and oxygen atoms in total. The Morgan fingerprint density at radius 1 is 1.14 bits per heavy atom. The fourth-order valence-electron chi connectivity index (χ4n) is 4.99. The average molecular weight is 404 g/mol. The van der Waals surface area contributed by atoms with Crippen molar-refractivity contribution in [2.24, 2.45) is 0 Å². The van der Waals surface area contributed by atoms with Gasteiger partial charge in [0.1, 0.15) is 11.5 Å². The van der Waals surface area contributed by atoms with Gasteiger partial charge < -0.3 is 23.8 Å². The summed E-state index contributed by atoms with van der Waals surface area (Å²) in [6, 6.07) is 3.78. The zero-order valence-electron chi connectivity index (χ0n) is 17.9. The minimum Gasteiger partial charge on any atom is -0.497 e. The van der Waals surface area contributed by atoms with Crippen LogP contribution in [0.5, 0.6) is 11.5 Å². The summed E-state index contributed by atoms with van der Waals surface area (Å²) >= 11 is 0. The molecule has 3 atom stereocenters. The van der Waals surface area contributed by atoms with Gasteiger partial charge in [-0.15, -0.1) is 0 Å². The first-order valence-electron chi connectivity index (χ1n) is 10.9. The second kappa shape index (κ2) is 8.52. The molecule has 4 rings (SSSR count). The van der Waals surface area contributed by atoms with Crippen LogP contribution in [0.3, 0.4) is 0 Å². The zero-order valence-corrected chi connectivity index (χ0v) is 17.9. The van der Waals surface area contributed by atoms with Crippen molar-refractivity contribution in [1.29, 1.82) is 0 Å². The summed E-state index contributed by atoms with van der Waals surface area (Å²) in [6.07, 6.45) is 9.42. The molecule has 0 aliphatic carbocycles. The zero-order chi connectivity index (χ0) is 20.4. The predicted octanol–water partition coefficient (Wildman–Crippen LogP) is 4.23. The minimum absolute atomic E-state index is 0.132. The van der Waals surface area contributed by atoms with Gasteiger partial charge in [0.2, 0.25) is 5.91 Å². The van der Waals surface area contributed by atoms with Crippen molar-refractivity contribution >= 4 is 11.6 Å². The first-order valence-corrected chi connectivity index (χ1v) is 10.9. The van der Waals surface area contributed by atoms with Gasteiger partial charge in [-0.25, -0.2) is 0 Å². The third kappa shape index (κ3) is 4.24. The Balaban J connectivity index is 1.31. The second-order valence-electron chi connectivity index (χ2n) is 8.56. The maximum atomic E-state index is 12.6. The normalized spacial score (nSPS) is 28.8. The SMILES string of the molecule is COc1cc(OC)c2c(c1)N(CCCC[C@H]1CCC[C@]3(CC[C@H](C)O3)O1)C(=O)C2. The number of ether oxygens (including phenoxy) is 4.